The molecule has 3 aromatic rings. The molecule has 8 heteroatoms. The minimum Gasteiger partial charge on any atom is -0.464 e. The van der Waals surface area contributed by atoms with Gasteiger partial charge < -0.3 is 9.72 Å². The van der Waals surface area contributed by atoms with Crippen molar-refractivity contribution >= 4 is 29.2 Å². The van der Waals surface area contributed by atoms with Crippen molar-refractivity contribution in [3.8, 4) is 0 Å². The van der Waals surface area contributed by atoms with Crippen LogP contribution in [-0.4, -0.2) is 23.0 Å². The van der Waals surface area contributed by atoms with Crippen LogP contribution < -0.4 is 0 Å². The van der Waals surface area contributed by atoms with Crippen molar-refractivity contribution in [1.82, 2.24) is 9.97 Å². The van der Waals surface area contributed by atoms with Crippen LogP contribution in [-0.2, 0) is 4.74 Å². The van der Waals surface area contributed by atoms with Gasteiger partial charge in [-0.3, -0.25) is 0 Å². The largest absolute Gasteiger partial charge is 0.464 e. The fraction of sp³-hybridized carbons (Fsp3) is 0.111. The zero-order chi connectivity index (χ0) is 18.8. The van der Waals surface area contributed by atoms with Crippen LogP contribution in [0.2, 0.25) is 10.0 Å². The molecule has 134 valence electrons. The molecular weight excluding hydrogens is 385 g/mol. The number of aromatic nitrogens is 2. The number of hydrogen-bond acceptors (Lipinski definition) is 3. The van der Waals surface area contributed by atoms with Crippen LogP contribution in [0.4, 0.5) is 8.78 Å². The smallest absolute Gasteiger partial charge is 0.356 e. The summed E-state index contributed by atoms with van der Waals surface area (Å²) in [6, 6.07) is 8.39. The first-order valence-corrected chi connectivity index (χ1v) is 8.19. The lowest BCUT2D eigenvalue weighted by Gasteiger charge is -2.17. The van der Waals surface area contributed by atoms with Crippen molar-refractivity contribution in [1.29, 1.82) is 0 Å². The van der Waals surface area contributed by atoms with Gasteiger partial charge in [-0.1, -0.05) is 35.3 Å². The lowest BCUT2D eigenvalue weighted by molar-refractivity contribution is 0.0594. The van der Waals surface area contributed by atoms with Crippen LogP contribution in [0.25, 0.3) is 0 Å². The number of methoxy groups -OCH3 is 1. The molecule has 0 saturated heterocycles. The van der Waals surface area contributed by atoms with Gasteiger partial charge in [0.2, 0.25) is 0 Å². The number of halogens is 4. The summed E-state index contributed by atoms with van der Waals surface area (Å²) in [5.74, 6) is -1.93. The van der Waals surface area contributed by atoms with E-state index in [0.717, 1.165) is 0 Å². The summed E-state index contributed by atoms with van der Waals surface area (Å²) < 4.78 is 31.8. The number of rotatable bonds is 4. The Hall–Kier alpha value is -2.44. The third kappa shape index (κ3) is 3.57. The zero-order valence-corrected chi connectivity index (χ0v) is 14.9. The molecule has 1 heterocycles. The summed E-state index contributed by atoms with van der Waals surface area (Å²) in [6.07, 6.45) is 1.32. The SMILES string of the molecule is COC(=O)c1cnc(C(c2ccc(F)c(Cl)c2)c2ccc(F)c(Cl)c2)[nH]1. The normalized spacial score (nSPS) is 11.0. The number of hydrogen-bond donors (Lipinski definition) is 1. The number of H-pyrrole nitrogens is 1. The second kappa shape index (κ2) is 7.43. The van der Waals surface area contributed by atoms with Crippen LogP contribution in [0.3, 0.4) is 0 Å². The Bertz CT molecular complexity index is 924. The molecule has 0 saturated carbocycles. The highest BCUT2D eigenvalue weighted by molar-refractivity contribution is 6.31. The van der Waals surface area contributed by atoms with Crippen molar-refractivity contribution < 1.29 is 18.3 Å². The minimum absolute atomic E-state index is 0.0690. The van der Waals surface area contributed by atoms with Gasteiger partial charge in [0, 0.05) is 0 Å². The van der Waals surface area contributed by atoms with Crippen LogP contribution in [0.5, 0.6) is 0 Å². The summed E-state index contributed by atoms with van der Waals surface area (Å²) in [5, 5.41) is -0.138. The molecule has 1 aromatic heterocycles. The molecule has 1 N–H and O–H groups in total. The summed E-state index contributed by atoms with van der Waals surface area (Å²) in [6.45, 7) is 0. The maximum absolute atomic E-state index is 13.6. The van der Waals surface area contributed by atoms with Crippen LogP contribution in [0, 0.1) is 11.6 Å². The van der Waals surface area contributed by atoms with Gasteiger partial charge in [-0.25, -0.2) is 18.6 Å². The highest BCUT2D eigenvalue weighted by Crippen LogP contribution is 2.34. The minimum atomic E-state index is -0.586. The average Bonchev–Trinajstić information content (AvgIpc) is 3.10. The molecule has 0 aliphatic rings. The fourth-order valence-corrected chi connectivity index (χ4v) is 2.97. The van der Waals surface area contributed by atoms with E-state index >= 15 is 0 Å². The highest BCUT2D eigenvalue weighted by atomic mass is 35.5. The van der Waals surface area contributed by atoms with E-state index in [9.17, 15) is 13.6 Å². The van der Waals surface area contributed by atoms with E-state index in [1.165, 1.54) is 49.7 Å². The van der Waals surface area contributed by atoms with Crippen LogP contribution in [0.15, 0.2) is 42.6 Å². The van der Waals surface area contributed by atoms with Crippen molar-refractivity contribution in [2.75, 3.05) is 7.11 Å². The molecule has 0 bridgehead atoms. The van der Waals surface area contributed by atoms with E-state index in [2.05, 4.69) is 14.7 Å². The van der Waals surface area contributed by atoms with Gasteiger partial charge in [-0.05, 0) is 35.4 Å². The monoisotopic (exact) mass is 396 g/mol. The summed E-state index contributed by atoms with van der Waals surface area (Å²) in [5.41, 5.74) is 1.32. The first kappa shape index (κ1) is 18.4. The number of aromatic amines is 1. The molecule has 0 fully saturated rings. The zero-order valence-electron chi connectivity index (χ0n) is 13.4. The number of esters is 1. The molecule has 2 aromatic carbocycles. The number of nitrogens with one attached hydrogen (secondary N) is 1. The Morgan fingerprint density at radius 1 is 1.08 bits per heavy atom. The molecule has 0 atom stereocenters. The Morgan fingerprint density at radius 3 is 2.08 bits per heavy atom. The molecule has 0 radical (unpaired) electrons. The second-order valence-corrected chi connectivity index (χ2v) is 6.27. The first-order valence-electron chi connectivity index (χ1n) is 7.43. The highest BCUT2D eigenvalue weighted by Gasteiger charge is 2.23. The van der Waals surface area contributed by atoms with Crippen LogP contribution in [0.1, 0.15) is 33.4 Å². The van der Waals surface area contributed by atoms with Crippen molar-refractivity contribution in [2.24, 2.45) is 0 Å². The maximum atomic E-state index is 13.6. The maximum Gasteiger partial charge on any atom is 0.356 e. The average molecular weight is 397 g/mol. The van der Waals surface area contributed by atoms with Gasteiger partial charge >= 0.3 is 5.97 Å². The fourth-order valence-electron chi connectivity index (χ4n) is 2.59. The van der Waals surface area contributed by atoms with Gasteiger partial charge in [0.05, 0.1) is 29.3 Å². The molecule has 0 amide bonds. The van der Waals surface area contributed by atoms with Gasteiger partial charge in [-0.15, -0.1) is 0 Å². The third-order valence-corrected chi connectivity index (χ3v) is 4.41. The van der Waals surface area contributed by atoms with Gasteiger partial charge in [0.25, 0.3) is 0 Å². The standard InChI is InChI=1S/C18H12Cl2F2N2O2/c1-26-18(25)15-8-23-17(24-15)16(9-2-4-13(21)11(19)6-9)10-3-5-14(22)12(20)7-10/h2-8,16H,1H3,(H,23,24). The molecular formula is C18H12Cl2F2N2O2. The number of nitrogens with zero attached hydrogens (tertiary/aromatic N) is 1. The summed E-state index contributed by atoms with van der Waals surface area (Å²) in [4.78, 5) is 18.8. The van der Waals surface area contributed by atoms with E-state index < -0.39 is 23.5 Å². The lowest BCUT2D eigenvalue weighted by atomic mass is 9.90. The van der Waals surface area contributed by atoms with E-state index in [1.54, 1.807) is 0 Å². The summed E-state index contributed by atoms with van der Waals surface area (Å²) >= 11 is 11.8. The van der Waals surface area contributed by atoms with Gasteiger partial charge in [0.1, 0.15) is 23.2 Å². The predicted molar refractivity (Wildman–Crippen MR) is 93.7 cm³/mol. The number of imidazole rings is 1. The topological polar surface area (TPSA) is 55.0 Å². The molecule has 26 heavy (non-hydrogen) atoms. The number of carbonyl (C=O) groups excluding carboxylic acids is 1. The number of ether oxygens (including phenoxy) is 1. The first-order chi connectivity index (χ1) is 12.4. The Balaban J connectivity index is 2.15. The van der Waals surface area contributed by atoms with Gasteiger partial charge in [0.15, 0.2) is 0 Å². The third-order valence-electron chi connectivity index (χ3n) is 3.83. The molecule has 0 spiro atoms. The quantitative estimate of drug-likeness (QED) is 0.633. The number of benzene rings is 2. The second-order valence-electron chi connectivity index (χ2n) is 5.45. The van der Waals surface area contributed by atoms with Crippen molar-refractivity contribution in [3.63, 3.8) is 0 Å². The molecule has 0 unspecified atom stereocenters. The van der Waals surface area contributed by atoms with E-state index in [-0.39, 0.29) is 15.7 Å². The molecule has 4 nitrogen and oxygen atoms in total. The van der Waals surface area contributed by atoms with E-state index in [0.29, 0.717) is 17.0 Å². The Morgan fingerprint density at radius 2 is 1.62 bits per heavy atom. The van der Waals surface area contributed by atoms with Gasteiger partial charge in [-0.2, -0.15) is 0 Å². The van der Waals surface area contributed by atoms with E-state index in [4.69, 9.17) is 23.2 Å². The summed E-state index contributed by atoms with van der Waals surface area (Å²) in [7, 11) is 1.25. The predicted octanol–water partition coefficient (Wildman–Crippen LogP) is 4.96. The Labute approximate surface area is 157 Å². The lowest BCUT2D eigenvalue weighted by Crippen LogP contribution is -2.08. The van der Waals surface area contributed by atoms with Crippen LogP contribution >= 0.6 is 23.2 Å². The molecule has 0 aliphatic heterocycles. The Kier molecular flexibility index (Phi) is 5.25. The van der Waals surface area contributed by atoms with Crippen molar-refractivity contribution in [2.45, 2.75) is 5.92 Å². The number of carbonyl (C=O) groups is 1. The molecule has 0 aliphatic carbocycles. The van der Waals surface area contributed by atoms with Crippen molar-refractivity contribution in [3.05, 3.63) is 86.9 Å². The van der Waals surface area contributed by atoms with E-state index in [1.807, 2.05) is 0 Å². The molecule has 3 rings (SSSR count).